The van der Waals surface area contributed by atoms with Crippen LogP contribution in [0.1, 0.15) is 72.9 Å². The molecular formula is C24H36O6. The molecule has 0 saturated heterocycles. The van der Waals surface area contributed by atoms with Crippen molar-refractivity contribution in [2.24, 2.45) is 5.92 Å². The molecule has 1 aromatic carbocycles. The SMILES string of the molecule is CC(C)OC(=O)[C@H](CC(=O)OC(C)(C)C)Cc1cccc(CC(=O)OC(C)(C)C)c1. The first kappa shape index (κ1) is 25.7. The molecule has 6 heteroatoms. The molecule has 0 unspecified atom stereocenters. The molecule has 0 radical (unpaired) electrons. The Morgan fingerprint density at radius 3 is 1.93 bits per heavy atom. The van der Waals surface area contributed by atoms with Crippen molar-refractivity contribution >= 4 is 17.9 Å². The van der Waals surface area contributed by atoms with Gasteiger partial charge in [0, 0.05) is 0 Å². The van der Waals surface area contributed by atoms with Crippen molar-refractivity contribution < 1.29 is 28.6 Å². The number of carbonyl (C=O) groups is 3. The molecule has 30 heavy (non-hydrogen) atoms. The van der Waals surface area contributed by atoms with Gasteiger partial charge in [-0.05, 0) is 72.9 Å². The van der Waals surface area contributed by atoms with E-state index in [1.54, 1.807) is 34.6 Å². The molecule has 0 fully saturated rings. The van der Waals surface area contributed by atoms with E-state index < -0.39 is 29.1 Å². The number of rotatable bonds is 8. The van der Waals surface area contributed by atoms with Crippen molar-refractivity contribution in [2.45, 2.75) is 92.0 Å². The summed E-state index contributed by atoms with van der Waals surface area (Å²) in [7, 11) is 0. The smallest absolute Gasteiger partial charge is 0.310 e. The standard InChI is InChI=1S/C24H36O6/c1-16(2)28-22(27)19(15-21(26)30-24(6,7)8)13-17-10-9-11-18(12-17)14-20(25)29-23(3,4)5/h9-12,16,19H,13-15H2,1-8H3/t19-/m0/s1. The van der Waals surface area contributed by atoms with Gasteiger partial charge in [0.05, 0.1) is 24.9 Å². The highest BCUT2D eigenvalue weighted by molar-refractivity contribution is 5.80. The average Bonchev–Trinajstić information content (AvgIpc) is 2.50. The number of benzene rings is 1. The molecule has 0 bridgehead atoms. The van der Waals surface area contributed by atoms with Crippen LogP contribution in [0.5, 0.6) is 0 Å². The summed E-state index contributed by atoms with van der Waals surface area (Å²) in [6.45, 7) is 14.4. The van der Waals surface area contributed by atoms with Gasteiger partial charge in [-0.1, -0.05) is 24.3 Å². The molecule has 1 atom stereocenters. The van der Waals surface area contributed by atoms with E-state index in [4.69, 9.17) is 14.2 Å². The van der Waals surface area contributed by atoms with Gasteiger partial charge >= 0.3 is 17.9 Å². The van der Waals surface area contributed by atoms with Crippen LogP contribution in [0.4, 0.5) is 0 Å². The molecule has 0 amide bonds. The molecule has 0 N–H and O–H groups in total. The summed E-state index contributed by atoms with van der Waals surface area (Å²) >= 11 is 0. The number of esters is 3. The molecule has 0 spiro atoms. The maximum atomic E-state index is 12.6. The van der Waals surface area contributed by atoms with Crippen molar-refractivity contribution in [3.63, 3.8) is 0 Å². The summed E-state index contributed by atoms with van der Waals surface area (Å²) in [5, 5.41) is 0. The molecule has 1 aromatic rings. The van der Waals surface area contributed by atoms with Gasteiger partial charge in [-0.2, -0.15) is 0 Å². The Balaban J connectivity index is 2.93. The first-order valence-electron chi connectivity index (χ1n) is 10.4. The predicted molar refractivity (Wildman–Crippen MR) is 115 cm³/mol. The molecule has 6 nitrogen and oxygen atoms in total. The lowest BCUT2D eigenvalue weighted by molar-refractivity contribution is -0.163. The zero-order valence-corrected chi connectivity index (χ0v) is 19.5. The third-order valence-electron chi connectivity index (χ3n) is 3.76. The summed E-state index contributed by atoms with van der Waals surface area (Å²) in [6, 6.07) is 7.38. The Morgan fingerprint density at radius 2 is 1.40 bits per heavy atom. The van der Waals surface area contributed by atoms with Gasteiger partial charge in [-0.15, -0.1) is 0 Å². The van der Waals surface area contributed by atoms with Crippen LogP contribution in [-0.2, 0) is 41.4 Å². The lowest BCUT2D eigenvalue weighted by Crippen LogP contribution is -2.30. The second-order valence-electron chi connectivity index (χ2n) is 9.76. The molecule has 1 rings (SSSR count). The minimum Gasteiger partial charge on any atom is -0.463 e. The number of hydrogen-bond acceptors (Lipinski definition) is 6. The molecule has 168 valence electrons. The second kappa shape index (κ2) is 10.6. The largest absolute Gasteiger partial charge is 0.463 e. The van der Waals surface area contributed by atoms with E-state index in [1.807, 2.05) is 45.0 Å². The van der Waals surface area contributed by atoms with Crippen LogP contribution in [0.2, 0.25) is 0 Å². The highest BCUT2D eigenvalue weighted by atomic mass is 16.6. The van der Waals surface area contributed by atoms with Crippen LogP contribution in [0.25, 0.3) is 0 Å². The number of hydrogen-bond donors (Lipinski definition) is 0. The Morgan fingerprint density at radius 1 is 0.867 bits per heavy atom. The topological polar surface area (TPSA) is 78.9 Å². The highest BCUT2D eigenvalue weighted by Gasteiger charge is 2.28. The summed E-state index contributed by atoms with van der Waals surface area (Å²) in [5.74, 6) is -1.87. The van der Waals surface area contributed by atoms with Gasteiger partial charge in [0.25, 0.3) is 0 Å². The van der Waals surface area contributed by atoms with Gasteiger partial charge in [-0.25, -0.2) is 0 Å². The zero-order valence-electron chi connectivity index (χ0n) is 19.5. The van der Waals surface area contributed by atoms with Crippen LogP contribution in [0, 0.1) is 5.92 Å². The summed E-state index contributed by atoms with van der Waals surface area (Å²) < 4.78 is 16.1. The normalized spacial score (nSPS) is 13.0. The van der Waals surface area contributed by atoms with Gasteiger partial charge in [0.2, 0.25) is 0 Å². The van der Waals surface area contributed by atoms with E-state index in [1.165, 1.54) is 0 Å². The summed E-state index contributed by atoms with van der Waals surface area (Å²) in [5.41, 5.74) is 0.449. The summed E-state index contributed by atoms with van der Waals surface area (Å²) in [6.07, 6.45) is 0.0989. The zero-order chi connectivity index (χ0) is 23.1. The third kappa shape index (κ3) is 11.0. The Kier molecular flexibility index (Phi) is 9.07. The molecular weight excluding hydrogens is 384 g/mol. The molecule has 0 aromatic heterocycles. The second-order valence-corrected chi connectivity index (χ2v) is 9.76. The van der Waals surface area contributed by atoms with Crippen molar-refractivity contribution in [3.05, 3.63) is 35.4 Å². The molecule has 0 heterocycles. The van der Waals surface area contributed by atoms with Crippen LogP contribution in [0.15, 0.2) is 24.3 Å². The summed E-state index contributed by atoms with van der Waals surface area (Å²) in [4.78, 5) is 37.0. The monoisotopic (exact) mass is 420 g/mol. The molecule has 0 aliphatic carbocycles. The Hall–Kier alpha value is -2.37. The lowest BCUT2D eigenvalue weighted by Gasteiger charge is -2.22. The maximum Gasteiger partial charge on any atom is 0.310 e. The molecule has 0 aliphatic rings. The van der Waals surface area contributed by atoms with E-state index in [0.717, 1.165) is 11.1 Å². The predicted octanol–water partition coefficient (Wildman–Crippen LogP) is 4.41. The first-order chi connectivity index (χ1) is 13.6. The van der Waals surface area contributed by atoms with Crippen molar-refractivity contribution in [1.82, 2.24) is 0 Å². The fourth-order valence-electron chi connectivity index (χ4n) is 2.85. The van der Waals surface area contributed by atoms with Crippen LogP contribution >= 0.6 is 0 Å². The van der Waals surface area contributed by atoms with Crippen LogP contribution in [-0.4, -0.2) is 35.2 Å². The Labute approximate surface area is 180 Å². The quantitative estimate of drug-likeness (QED) is 0.458. The van der Waals surface area contributed by atoms with E-state index in [-0.39, 0.29) is 24.9 Å². The van der Waals surface area contributed by atoms with Crippen LogP contribution < -0.4 is 0 Å². The third-order valence-corrected chi connectivity index (χ3v) is 3.76. The molecule has 0 saturated carbocycles. The fraction of sp³-hybridized carbons (Fsp3) is 0.625. The van der Waals surface area contributed by atoms with E-state index in [2.05, 4.69) is 0 Å². The first-order valence-corrected chi connectivity index (χ1v) is 10.4. The fourth-order valence-corrected chi connectivity index (χ4v) is 2.85. The van der Waals surface area contributed by atoms with Crippen LogP contribution in [0.3, 0.4) is 0 Å². The highest BCUT2D eigenvalue weighted by Crippen LogP contribution is 2.20. The number of carbonyl (C=O) groups excluding carboxylic acids is 3. The van der Waals surface area contributed by atoms with Gasteiger partial charge in [0.1, 0.15) is 11.2 Å². The van der Waals surface area contributed by atoms with E-state index in [0.29, 0.717) is 6.42 Å². The van der Waals surface area contributed by atoms with Gasteiger partial charge < -0.3 is 14.2 Å². The minimum absolute atomic E-state index is 0.0703. The van der Waals surface area contributed by atoms with E-state index >= 15 is 0 Å². The van der Waals surface area contributed by atoms with Gasteiger partial charge in [-0.3, -0.25) is 14.4 Å². The molecule has 0 aliphatic heterocycles. The lowest BCUT2D eigenvalue weighted by atomic mass is 9.94. The average molecular weight is 421 g/mol. The van der Waals surface area contributed by atoms with Crippen molar-refractivity contribution in [2.75, 3.05) is 0 Å². The Bertz CT molecular complexity index is 737. The van der Waals surface area contributed by atoms with Crippen molar-refractivity contribution in [3.8, 4) is 0 Å². The van der Waals surface area contributed by atoms with E-state index in [9.17, 15) is 14.4 Å². The minimum atomic E-state index is -0.668. The van der Waals surface area contributed by atoms with Gasteiger partial charge in [0.15, 0.2) is 0 Å². The van der Waals surface area contributed by atoms with Crippen molar-refractivity contribution in [1.29, 1.82) is 0 Å². The number of ether oxygens (including phenoxy) is 3. The maximum absolute atomic E-state index is 12.6.